The van der Waals surface area contributed by atoms with Gasteiger partial charge in [-0.2, -0.15) is 0 Å². The maximum absolute atomic E-state index is 14.3. The first-order valence-electron chi connectivity index (χ1n) is 11.2. The minimum Gasteiger partial charge on any atom is -0.467 e. The van der Waals surface area contributed by atoms with Crippen LogP contribution in [0.5, 0.6) is 0 Å². The van der Waals surface area contributed by atoms with Crippen molar-refractivity contribution in [2.45, 2.75) is 25.3 Å². The molecule has 0 saturated heterocycles. The summed E-state index contributed by atoms with van der Waals surface area (Å²) in [5.41, 5.74) is 3.60. The van der Waals surface area contributed by atoms with Crippen molar-refractivity contribution in [3.8, 4) is 0 Å². The van der Waals surface area contributed by atoms with Gasteiger partial charge in [0.1, 0.15) is 11.8 Å². The highest BCUT2D eigenvalue weighted by Crippen LogP contribution is 2.45. The van der Waals surface area contributed by atoms with Crippen LogP contribution in [0.4, 0.5) is 11.4 Å². The fraction of sp³-hybridized carbons (Fsp3) is 0.143. The van der Waals surface area contributed by atoms with Gasteiger partial charge in [0.15, 0.2) is 5.78 Å². The average molecular weight is 434 g/mol. The number of nitrogens with zero attached hydrogens (tertiary/aromatic N) is 1. The summed E-state index contributed by atoms with van der Waals surface area (Å²) in [7, 11) is 0. The number of amides is 1. The molecule has 1 aromatic heterocycles. The molecule has 0 bridgehead atoms. The molecule has 1 aliphatic carbocycles. The molecule has 0 fully saturated rings. The first kappa shape index (κ1) is 19.6. The predicted molar refractivity (Wildman–Crippen MR) is 128 cm³/mol. The lowest BCUT2D eigenvalue weighted by molar-refractivity contribution is -0.116. The van der Waals surface area contributed by atoms with Crippen LogP contribution in [0.25, 0.3) is 10.8 Å². The number of fused-ring (bicyclic) bond motifs is 2. The summed E-state index contributed by atoms with van der Waals surface area (Å²) < 4.78 is 5.84. The predicted octanol–water partition coefficient (Wildman–Crippen LogP) is 6.25. The van der Waals surface area contributed by atoms with E-state index in [-0.39, 0.29) is 11.7 Å². The Labute approximate surface area is 191 Å². The van der Waals surface area contributed by atoms with Crippen LogP contribution in [0, 0.1) is 0 Å². The SMILES string of the molecule is O=C1CCCC2=C1[C@H](c1ccco1)N(C(=O)c1cccc3ccccc13)c1ccccc1N2. The Morgan fingerprint density at radius 2 is 1.73 bits per heavy atom. The molecule has 5 nitrogen and oxygen atoms in total. The Morgan fingerprint density at radius 1 is 0.909 bits per heavy atom. The van der Waals surface area contributed by atoms with Crippen molar-refractivity contribution >= 4 is 33.8 Å². The van der Waals surface area contributed by atoms with Crippen molar-refractivity contribution < 1.29 is 14.0 Å². The Morgan fingerprint density at radius 3 is 2.61 bits per heavy atom. The van der Waals surface area contributed by atoms with E-state index in [1.54, 1.807) is 17.2 Å². The largest absolute Gasteiger partial charge is 0.467 e. The summed E-state index contributed by atoms with van der Waals surface area (Å²) >= 11 is 0. The number of benzene rings is 3. The molecule has 2 heterocycles. The van der Waals surface area contributed by atoms with Crippen molar-refractivity contribution in [1.29, 1.82) is 0 Å². The molecule has 0 saturated carbocycles. The molecule has 33 heavy (non-hydrogen) atoms. The molecule has 2 aliphatic rings. The van der Waals surface area contributed by atoms with Gasteiger partial charge in [-0.1, -0.05) is 48.5 Å². The quantitative estimate of drug-likeness (QED) is 0.405. The van der Waals surface area contributed by atoms with E-state index < -0.39 is 6.04 Å². The van der Waals surface area contributed by atoms with Gasteiger partial charge in [0, 0.05) is 23.3 Å². The summed E-state index contributed by atoms with van der Waals surface area (Å²) in [5.74, 6) is 0.452. The molecule has 3 aromatic carbocycles. The smallest absolute Gasteiger partial charge is 0.259 e. The van der Waals surface area contributed by atoms with Crippen LogP contribution in [-0.4, -0.2) is 11.7 Å². The number of para-hydroxylation sites is 2. The van der Waals surface area contributed by atoms with E-state index >= 15 is 0 Å². The third kappa shape index (κ3) is 3.16. The first-order valence-corrected chi connectivity index (χ1v) is 11.2. The molecule has 4 aromatic rings. The van der Waals surface area contributed by atoms with E-state index in [1.165, 1.54) is 0 Å². The van der Waals surface area contributed by atoms with Crippen LogP contribution < -0.4 is 10.2 Å². The summed E-state index contributed by atoms with van der Waals surface area (Å²) in [5, 5.41) is 5.35. The van der Waals surface area contributed by atoms with E-state index in [1.807, 2.05) is 72.8 Å². The molecule has 1 aliphatic heterocycles. The van der Waals surface area contributed by atoms with Crippen LogP contribution in [0.1, 0.15) is 41.4 Å². The summed E-state index contributed by atoms with van der Waals surface area (Å²) in [6.07, 6.45) is 3.59. The van der Waals surface area contributed by atoms with Crippen molar-refractivity contribution in [1.82, 2.24) is 0 Å². The zero-order valence-electron chi connectivity index (χ0n) is 18.0. The highest BCUT2D eigenvalue weighted by Gasteiger charge is 2.41. The Kier molecular flexibility index (Phi) is 4.61. The van der Waals surface area contributed by atoms with Crippen LogP contribution >= 0.6 is 0 Å². The number of carbonyl (C=O) groups excluding carboxylic acids is 2. The van der Waals surface area contributed by atoms with E-state index in [2.05, 4.69) is 5.32 Å². The number of anilines is 2. The third-order valence-corrected chi connectivity index (χ3v) is 6.49. The molecular formula is C28H22N2O3. The van der Waals surface area contributed by atoms with Gasteiger partial charge in [0.25, 0.3) is 5.91 Å². The van der Waals surface area contributed by atoms with Gasteiger partial charge in [-0.15, -0.1) is 0 Å². The minimum atomic E-state index is -0.648. The number of carbonyl (C=O) groups is 2. The second-order valence-corrected chi connectivity index (χ2v) is 8.43. The number of Topliss-reactive ketones (excluding diaryl/α,β-unsaturated/α-hetero) is 1. The number of furan rings is 1. The van der Waals surface area contributed by atoms with E-state index in [9.17, 15) is 9.59 Å². The minimum absolute atomic E-state index is 0.0497. The Balaban J connectivity index is 1.63. The van der Waals surface area contributed by atoms with E-state index in [0.717, 1.165) is 40.7 Å². The zero-order valence-corrected chi connectivity index (χ0v) is 18.0. The second kappa shape index (κ2) is 7.78. The Bertz CT molecular complexity index is 1410. The van der Waals surface area contributed by atoms with Gasteiger partial charge in [-0.25, -0.2) is 0 Å². The molecule has 162 valence electrons. The highest BCUT2D eigenvalue weighted by molar-refractivity contribution is 6.17. The molecule has 5 heteroatoms. The molecule has 1 N–H and O–H groups in total. The standard InChI is InChI=1S/C28H22N2O3/c31-24-15-6-13-22-26(24)27(25-16-7-17-33-25)30(23-14-4-3-12-21(23)29-22)28(32)20-11-5-9-18-8-1-2-10-19(18)20/h1-5,7-12,14,16-17,27,29H,6,13,15H2/t27-/m0/s1. The normalized spacial score (nSPS) is 17.9. The van der Waals surface area contributed by atoms with Gasteiger partial charge in [0.05, 0.1) is 17.6 Å². The lowest BCUT2D eigenvalue weighted by Crippen LogP contribution is -2.38. The number of rotatable bonds is 2. The van der Waals surface area contributed by atoms with Crippen molar-refractivity contribution in [3.05, 3.63) is 108 Å². The maximum atomic E-state index is 14.3. The van der Waals surface area contributed by atoms with Gasteiger partial charge in [0.2, 0.25) is 0 Å². The van der Waals surface area contributed by atoms with Crippen molar-refractivity contribution in [2.24, 2.45) is 0 Å². The zero-order chi connectivity index (χ0) is 22.4. The van der Waals surface area contributed by atoms with Crippen molar-refractivity contribution in [3.63, 3.8) is 0 Å². The number of nitrogens with one attached hydrogen (secondary N) is 1. The molecular weight excluding hydrogens is 412 g/mol. The second-order valence-electron chi connectivity index (χ2n) is 8.43. The van der Waals surface area contributed by atoms with Gasteiger partial charge in [-0.3, -0.25) is 14.5 Å². The average Bonchev–Trinajstić information content (AvgIpc) is 3.33. The lowest BCUT2D eigenvalue weighted by atomic mass is 9.87. The van der Waals surface area contributed by atoms with Crippen LogP contribution in [0.3, 0.4) is 0 Å². The van der Waals surface area contributed by atoms with E-state index in [4.69, 9.17) is 4.42 Å². The van der Waals surface area contributed by atoms with Crippen LogP contribution in [0.2, 0.25) is 0 Å². The molecule has 0 spiro atoms. The molecule has 1 amide bonds. The van der Waals surface area contributed by atoms with Gasteiger partial charge in [-0.05, 0) is 53.9 Å². The van der Waals surface area contributed by atoms with Gasteiger partial charge >= 0.3 is 0 Å². The topological polar surface area (TPSA) is 62.6 Å². The molecule has 0 unspecified atom stereocenters. The first-order chi connectivity index (χ1) is 16.2. The molecule has 0 radical (unpaired) electrons. The van der Waals surface area contributed by atoms with Crippen LogP contribution in [0.15, 0.2) is 101 Å². The monoisotopic (exact) mass is 434 g/mol. The Hall–Kier alpha value is -4.12. The number of allylic oxidation sites excluding steroid dienone is 1. The maximum Gasteiger partial charge on any atom is 0.259 e. The number of hydrogen-bond donors (Lipinski definition) is 1. The third-order valence-electron chi connectivity index (χ3n) is 6.49. The highest BCUT2D eigenvalue weighted by atomic mass is 16.3. The molecule has 6 rings (SSSR count). The van der Waals surface area contributed by atoms with Crippen LogP contribution in [-0.2, 0) is 4.79 Å². The van der Waals surface area contributed by atoms with Crippen molar-refractivity contribution in [2.75, 3.05) is 10.2 Å². The fourth-order valence-electron chi connectivity index (χ4n) is 5.02. The lowest BCUT2D eigenvalue weighted by Gasteiger charge is -2.32. The summed E-state index contributed by atoms with van der Waals surface area (Å²) in [6.45, 7) is 0. The van der Waals surface area contributed by atoms with E-state index in [0.29, 0.717) is 23.3 Å². The van der Waals surface area contributed by atoms with Gasteiger partial charge < -0.3 is 9.73 Å². The summed E-state index contributed by atoms with van der Waals surface area (Å²) in [4.78, 5) is 29.3. The summed E-state index contributed by atoms with van der Waals surface area (Å²) in [6, 6.07) is 24.3. The number of hydrogen-bond acceptors (Lipinski definition) is 4. The molecule has 1 atom stereocenters. The number of ketones is 1. The fourth-order valence-corrected chi connectivity index (χ4v) is 5.02.